The number of nitrogen functional groups attached to an aromatic ring is 1. The third-order valence-corrected chi connectivity index (χ3v) is 2.69. The lowest BCUT2D eigenvalue weighted by Crippen LogP contribution is -2.09. The van der Waals surface area contributed by atoms with Crippen molar-refractivity contribution in [1.29, 1.82) is 0 Å². The maximum absolute atomic E-state index is 12.6. The molecule has 2 N–H and O–H groups in total. The Labute approximate surface area is 96.3 Å². The predicted octanol–water partition coefficient (Wildman–Crippen LogP) is 3.45. The van der Waals surface area contributed by atoms with Crippen LogP contribution in [0.15, 0.2) is 18.2 Å². The molecule has 90 valence electrons. The van der Waals surface area contributed by atoms with E-state index in [9.17, 15) is 13.2 Å². The number of pyridine rings is 1. The van der Waals surface area contributed by atoms with Crippen molar-refractivity contribution < 1.29 is 13.2 Å². The number of anilines is 1. The summed E-state index contributed by atoms with van der Waals surface area (Å²) < 4.78 is 37.8. The van der Waals surface area contributed by atoms with Crippen LogP contribution in [0.1, 0.15) is 16.8 Å². The number of halogens is 3. The van der Waals surface area contributed by atoms with Crippen molar-refractivity contribution in [2.45, 2.75) is 20.0 Å². The molecule has 0 spiro atoms. The summed E-state index contributed by atoms with van der Waals surface area (Å²) in [4.78, 5) is 3.66. The largest absolute Gasteiger partial charge is 0.433 e. The van der Waals surface area contributed by atoms with Crippen LogP contribution in [0.5, 0.6) is 0 Å². The minimum absolute atomic E-state index is 0.114. The zero-order valence-electron chi connectivity index (χ0n) is 9.39. The zero-order chi connectivity index (χ0) is 12.8. The van der Waals surface area contributed by atoms with Gasteiger partial charge in [0.15, 0.2) is 0 Å². The molecule has 0 aliphatic carbocycles. The predicted molar refractivity (Wildman–Crippen MR) is 60.6 cm³/mol. The number of alkyl halides is 3. The van der Waals surface area contributed by atoms with Crippen LogP contribution < -0.4 is 5.73 Å². The molecule has 1 aromatic carbocycles. The quantitative estimate of drug-likeness (QED) is 0.765. The van der Waals surface area contributed by atoms with E-state index < -0.39 is 11.9 Å². The monoisotopic (exact) mass is 240 g/mol. The number of nitrogens with two attached hydrogens (primary N) is 1. The summed E-state index contributed by atoms with van der Waals surface area (Å²) in [5.41, 5.74) is 6.67. The van der Waals surface area contributed by atoms with E-state index in [-0.39, 0.29) is 5.69 Å². The molecular formula is C12H11F3N2. The molecule has 1 aromatic heterocycles. The highest BCUT2D eigenvalue weighted by Crippen LogP contribution is 2.33. The summed E-state index contributed by atoms with van der Waals surface area (Å²) in [6.07, 6.45) is -4.47. The molecule has 0 fully saturated rings. The Morgan fingerprint density at radius 1 is 1.12 bits per heavy atom. The molecule has 0 saturated heterocycles. The van der Waals surface area contributed by atoms with Gasteiger partial charge in [0.25, 0.3) is 0 Å². The van der Waals surface area contributed by atoms with Gasteiger partial charge in [-0.25, -0.2) is 4.98 Å². The zero-order valence-corrected chi connectivity index (χ0v) is 9.39. The van der Waals surface area contributed by atoms with E-state index in [1.165, 1.54) is 0 Å². The van der Waals surface area contributed by atoms with Crippen LogP contribution in [0.3, 0.4) is 0 Å². The SMILES string of the molecule is Cc1ccc(C)c2c(N)cc(C(F)(F)F)nc12. The molecule has 17 heavy (non-hydrogen) atoms. The van der Waals surface area contributed by atoms with E-state index in [2.05, 4.69) is 4.98 Å². The highest BCUT2D eigenvalue weighted by molar-refractivity contribution is 5.95. The van der Waals surface area contributed by atoms with Gasteiger partial charge in [-0.1, -0.05) is 12.1 Å². The van der Waals surface area contributed by atoms with Gasteiger partial charge in [-0.3, -0.25) is 0 Å². The van der Waals surface area contributed by atoms with E-state index in [0.717, 1.165) is 11.6 Å². The molecule has 5 heteroatoms. The Bertz CT molecular complexity index is 588. The lowest BCUT2D eigenvalue weighted by molar-refractivity contribution is -0.140. The Morgan fingerprint density at radius 3 is 2.29 bits per heavy atom. The van der Waals surface area contributed by atoms with Gasteiger partial charge in [0.1, 0.15) is 5.69 Å². The van der Waals surface area contributed by atoms with E-state index in [1.54, 1.807) is 19.9 Å². The molecule has 0 radical (unpaired) electrons. The van der Waals surface area contributed by atoms with Crippen molar-refractivity contribution in [3.05, 3.63) is 35.0 Å². The van der Waals surface area contributed by atoms with Crippen molar-refractivity contribution >= 4 is 16.6 Å². The second kappa shape index (κ2) is 3.61. The molecule has 0 amide bonds. The van der Waals surface area contributed by atoms with Crippen LogP contribution >= 0.6 is 0 Å². The van der Waals surface area contributed by atoms with E-state index in [4.69, 9.17) is 5.73 Å². The first-order valence-corrected chi connectivity index (χ1v) is 5.04. The summed E-state index contributed by atoms with van der Waals surface area (Å²) >= 11 is 0. The Kier molecular flexibility index (Phi) is 2.49. The summed E-state index contributed by atoms with van der Waals surface area (Å²) in [6.45, 7) is 3.52. The van der Waals surface area contributed by atoms with Crippen LogP contribution in [-0.2, 0) is 6.18 Å². The number of aryl methyl sites for hydroxylation is 2. The number of aromatic nitrogens is 1. The van der Waals surface area contributed by atoms with Crippen molar-refractivity contribution in [3.8, 4) is 0 Å². The van der Waals surface area contributed by atoms with Gasteiger partial charge in [-0.05, 0) is 31.0 Å². The van der Waals surface area contributed by atoms with E-state index >= 15 is 0 Å². The number of rotatable bonds is 0. The highest BCUT2D eigenvalue weighted by atomic mass is 19.4. The third-order valence-electron chi connectivity index (χ3n) is 2.69. The first-order chi connectivity index (χ1) is 7.80. The maximum atomic E-state index is 12.6. The molecular weight excluding hydrogens is 229 g/mol. The Balaban J connectivity index is 2.87. The number of nitrogens with zero attached hydrogens (tertiary/aromatic N) is 1. The van der Waals surface area contributed by atoms with Gasteiger partial charge in [0.2, 0.25) is 0 Å². The average Bonchev–Trinajstić information content (AvgIpc) is 2.21. The fourth-order valence-corrected chi connectivity index (χ4v) is 1.82. The minimum atomic E-state index is -4.47. The fraction of sp³-hybridized carbons (Fsp3) is 0.250. The second-order valence-corrected chi connectivity index (χ2v) is 4.02. The molecule has 2 aromatic rings. The van der Waals surface area contributed by atoms with Crippen molar-refractivity contribution in [3.63, 3.8) is 0 Å². The normalized spacial score (nSPS) is 12.1. The van der Waals surface area contributed by atoms with Gasteiger partial charge in [0.05, 0.1) is 5.52 Å². The summed E-state index contributed by atoms with van der Waals surface area (Å²) in [7, 11) is 0. The number of hydrogen-bond acceptors (Lipinski definition) is 2. The van der Waals surface area contributed by atoms with E-state index in [1.807, 2.05) is 6.07 Å². The highest BCUT2D eigenvalue weighted by Gasteiger charge is 2.33. The topological polar surface area (TPSA) is 38.9 Å². The molecule has 2 rings (SSSR count). The Hall–Kier alpha value is -1.78. The molecule has 0 unspecified atom stereocenters. The Morgan fingerprint density at radius 2 is 1.71 bits per heavy atom. The van der Waals surface area contributed by atoms with Crippen LogP contribution in [0.2, 0.25) is 0 Å². The molecule has 0 aliphatic heterocycles. The number of fused-ring (bicyclic) bond motifs is 1. The molecule has 0 atom stereocenters. The molecule has 0 saturated carbocycles. The lowest BCUT2D eigenvalue weighted by atomic mass is 10.0. The molecule has 1 heterocycles. The summed E-state index contributed by atoms with van der Waals surface area (Å²) in [6, 6.07) is 4.45. The van der Waals surface area contributed by atoms with Gasteiger partial charge in [-0.2, -0.15) is 13.2 Å². The number of benzene rings is 1. The van der Waals surface area contributed by atoms with Gasteiger partial charge in [-0.15, -0.1) is 0 Å². The van der Waals surface area contributed by atoms with Gasteiger partial charge >= 0.3 is 6.18 Å². The lowest BCUT2D eigenvalue weighted by Gasteiger charge is -2.12. The summed E-state index contributed by atoms with van der Waals surface area (Å²) in [5.74, 6) is 0. The van der Waals surface area contributed by atoms with Crippen LogP contribution in [0.4, 0.5) is 18.9 Å². The standard InChI is InChI=1S/C12H11F3N2/c1-6-3-4-7(2)11-10(6)8(16)5-9(17-11)12(13,14)15/h3-5H,1-2H3,(H2,16,17). The van der Waals surface area contributed by atoms with Crippen LogP contribution in [0.25, 0.3) is 10.9 Å². The number of hydrogen-bond donors (Lipinski definition) is 1. The first-order valence-electron chi connectivity index (χ1n) is 5.04. The minimum Gasteiger partial charge on any atom is -0.398 e. The van der Waals surface area contributed by atoms with Crippen molar-refractivity contribution in [2.75, 3.05) is 5.73 Å². The van der Waals surface area contributed by atoms with Gasteiger partial charge in [0, 0.05) is 11.1 Å². The third kappa shape index (κ3) is 1.92. The van der Waals surface area contributed by atoms with Crippen LogP contribution in [-0.4, -0.2) is 4.98 Å². The molecule has 0 bridgehead atoms. The smallest absolute Gasteiger partial charge is 0.398 e. The molecule has 0 aliphatic rings. The maximum Gasteiger partial charge on any atom is 0.433 e. The van der Waals surface area contributed by atoms with Crippen molar-refractivity contribution in [1.82, 2.24) is 4.98 Å². The average molecular weight is 240 g/mol. The second-order valence-electron chi connectivity index (χ2n) is 4.02. The van der Waals surface area contributed by atoms with Crippen LogP contribution in [0, 0.1) is 13.8 Å². The molecule has 2 nitrogen and oxygen atoms in total. The van der Waals surface area contributed by atoms with Gasteiger partial charge < -0.3 is 5.73 Å². The summed E-state index contributed by atoms with van der Waals surface area (Å²) in [5, 5.41) is 0.595. The fourth-order valence-electron chi connectivity index (χ4n) is 1.82. The first kappa shape index (κ1) is 11.7. The van der Waals surface area contributed by atoms with Crippen molar-refractivity contribution in [2.24, 2.45) is 0 Å². The van der Waals surface area contributed by atoms with E-state index in [0.29, 0.717) is 16.5 Å².